The average molecular weight is 239 g/mol. The van der Waals surface area contributed by atoms with E-state index in [2.05, 4.69) is 9.97 Å². The Labute approximate surface area is 105 Å². The van der Waals surface area contributed by atoms with Crippen molar-refractivity contribution in [3.8, 4) is 0 Å². The number of fused-ring (bicyclic) bond motifs is 1. The fourth-order valence-electron chi connectivity index (χ4n) is 2.49. The lowest BCUT2D eigenvalue weighted by atomic mass is 9.82. The molecule has 4 heteroatoms. The van der Waals surface area contributed by atoms with Crippen LogP contribution in [0.2, 0.25) is 0 Å². The minimum atomic E-state index is 0.0446. The van der Waals surface area contributed by atoms with Gasteiger partial charge in [0.15, 0.2) is 5.78 Å². The minimum Gasteiger partial charge on any atom is -0.383 e. The van der Waals surface area contributed by atoms with Crippen LogP contribution in [0.25, 0.3) is 0 Å². The van der Waals surface area contributed by atoms with Crippen molar-refractivity contribution in [1.29, 1.82) is 0 Å². The van der Waals surface area contributed by atoms with E-state index in [0.717, 1.165) is 12.1 Å². The van der Waals surface area contributed by atoms with Gasteiger partial charge in [0.2, 0.25) is 0 Å². The van der Waals surface area contributed by atoms with Crippen LogP contribution in [0.1, 0.15) is 34.0 Å². The Balaban J connectivity index is 2.00. The van der Waals surface area contributed by atoms with Crippen molar-refractivity contribution in [2.24, 2.45) is 0 Å². The molecule has 1 aliphatic carbocycles. The first-order chi connectivity index (χ1) is 8.75. The van der Waals surface area contributed by atoms with Crippen LogP contribution in [0, 0.1) is 0 Å². The van der Waals surface area contributed by atoms with Crippen LogP contribution in [0.5, 0.6) is 0 Å². The van der Waals surface area contributed by atoms with Crippen LogP contribution in [-0.2, 0) is 6.42 Å². The summed E-state index contributed by atoms with van der Waals surface area (Å²) in [6.07, 6.45) is 2.65. The fourth-order valence-corrected chi connectivity index (χ4v) is 2.49. The summed E-state index contributed by atoms with van der Waals surface area (Å²) in [4.78, 5) is 20.2. The molecule has 0 bridgehead atoms. The number of ketones is 1. The summed E-state index contributed by atoms with van der Waals surface area (Å²) in [7, 11) is 0. The number of nitrogens with zero attached hydrogens (tertiary/aromatic N) is 2. The zero-order valence-corrected chi connectivity index (χ0v) is 9.84. The topological polar surface area (TPSA) is 68.9 Å². The van der Waals surface area contributed by atoms with Gasteiger partial charge in [0.1, 0.15) is 12.1 Å². The van der Waals surface area contributed by atoms with Gasteiger partial charge in [0, 0.05) is 6.42 Å². The molecule has 4 nitrogen and oxygen atoms in total. The molecular weight excluding hydrogens is 226 g/mol. The van der Waals surface area contributed by atoms with Gasteiger partial charge in [0.25, 0.3) is 0 Å². The highest BCUT2D eigenvalue weighted by atomic mass is 16.1. The molecule has 0 saturated carbocycles. The summed E-state index contributed by atoms with van der Waals surface area (Å²) >= 11 is 0. The molecule has 1 atom stereocenters. The van der Waals surface area contributed by atoms with Crippen LogP contribution in [0.4, 0.5) is 5.82 Å². The lowest BCUT2D eigenvalue weighted by molar-refractivity contribution is 0.0963. The Bertz CT molecular complexity index is 595. The minimum absolute atomic E-state index is 0.0446. The van der Waals surface area contributed by atoms with Crippen molar-refractivity contribution in [2.75, 3.05) is 5.73 Å². The smallest absolute Gasteiger partial charge is 0.169 e. The number of carbonyl (C=O) groups is 1. The summed E-state index contributed by atoms with van der Waals surface area (Å²) < 4.78 is 0. The lowest BCUT2D eigenvalue weighted by Crippen LogP contribution is -2.22. The molecule has 0 spiro atoms. The molecule has 1 aliphatic rings. The average Bonchev–Trinajstić information content (AvgIpc) is 2.39. The molecule has 0 radical (unpaired) electrons. The first-order valence-corrected chi connectivity index (χ1v) is 5.93. The number of hydrogen-bond donors (Lipinski definition) is 1. The number of nitrogens with two attached hydrogens (primary N) is 1. The quantitative estimate of drug-likeness (QED) is 0.826. The molecule has 90 valence electrons. The van der Waals surface area contributed by atoms with E-state index in [0.29, 0.717) is 17.8 Å². The molecule has 3 rings (SSSR count). The Morgan fingerprint density at radius 1 is 1.11 bits per heavy atom. The second kappa shape index (κ2) is 4.22. The predicted molar refractivity (Wildman–Crippen MR) is 68.3 cm³/mol. The number of Topliss-reactive ketones (excluding diaryl/α,β-unsaturated/α-hetero) is 1. The van der Waals surface area contributed by atoms with E-state index < -0.39 is 0 Å². The van der Waals surface area contributed by atoms with Crippen LogP contribution >= 0.6 is 0 Å². The SMILES string of the molecule is Nc1ncnc2c1C(=O)C[C@@H](c1ccccc1)C2. The number of rotatable bonds is 1. The van der Waals surface area contributed by atoms with Gasteiger partial charge in [-0.3, -0.25) is 4.79 Å². The van der Waals surface area contributed by atoms with Crippen LogP contribution in [0.3, 0.4) is 0 Å². The number of benzene rings is 1. The molecule has 0 amide bonds. The molecule has 0 saturated heterocycles. The first-order valence-electron chi connectivity index (χ1n) is 5.93. The van der Waals surface area contributed by atoms with E-state index in [1.165, 1.54) is 11.9 Å². The third-order valence-electron chi connectivity index (χ3n) is 3.38. The molecule has 1 aromatic heterocycles. The van der Waals surface area contributed by atoms with Crippen molar-refractivity contribution >= 4 is 11.6 Å². The summed E-state index contributed by atoms with van der Waals surface area (Å²) in [6, 6.07) is 10.1. The van der Waals surface area contributed by atoms with Gasteiger partial charge in [0.05, 0.1) is 11.3 Å². The highest BCUT2D eigenvalue weighted by Crippen LogP contribution is 2.32. The molecule has 1 heterocycles. The maximum Gasteiger partial charge on any atom is 0.169 e. The summed E-state index contributed by atoms with van der Waals surface area (Å²) in [5.74, 6) is 0.542. The van der Waals surface area contributed by atoms with Gasteiger partial charge in [-0.1, -0.05) is 30.3 Å². The molecule has 0 aliphatic heterocycles. The van der Waals surface area contributed by atoms with E-state index in [1.54, 1.807) is 0 Å². The molecule has 0 fully saturated rings. The van der Waals surface area contributed by atoms with Gasteiger partial charge in [-0.05, 0) is 17.9 Å². The second-order valence-electron chi connectivity index (χ2n) is 4.52. The maximum absolute atomic E-state index is 12.1. The van der Waals surface area contributed by atoms with Gasteiger partial charge < -0.3 is 5.73 Å². The Morgan fingerprint density at radius 2 is 1.89 bits per heavy atom. The second-order valence-corrected chi connectivity index (χ2v) is 4.52. The van der Waals surface area contributed by atoms with E-state index in [9.17, 15) is 4.79 Å². The number of anilines is 1. The zero-order valence-electron chi connectivity index (χ0n) is 9.84. The predicted octanol–water partition coefficient (Wildman–Crippen LogP) is 1.97. The van der Waals surface area contributed by atoms with Gasteiger partial charge in [-0.15, -0.1) is 0 Å². The third-order valence-corrected chi connectivity index (χ3v) is 3.38. The van der Waals surface area contributed by atoms with Crippen LogP contribution < -0.4 is 5.73 Å². The molecule has 0 unspecified atom stereocenters. The van der Waals surface area contributed by atoms with Crippen LogP contribution in [-0.4, -0.2) is 15.8 Å². The van der Waals surface area contributed by atoms with Gasteiger partial charge in [-0.2, -0.15) is 0 Å². The number of carbonyl (C=O) groups excluding carboxylic acids is 1. The highest BCUT2D eigenvalue weighted by Gasteiger charge is 2.29. The molecular formula is C14H13N3O. The van der Waals surface area contributed by atoms with Crippen molar-refractivity contribution in [2.45, 2.75) is 18.8 Å². The van der Waals surface area contributed by atoms with E-state index in [-0.39, 0.29) is 11.7 Å². The molecule has 2 N–H and O–H groups in total. The molecule has 2 aromatic rings. The van der Waals surface area contributed by atoms with Gasteiger partial charge in [-0.25, -0.2) is 9.97 Å². The van der Waals surface area contributed by atoms with E-state index >= 15 is 0 Å². The summed E-state index contributed by atoms with van der Waals surface area (Å²) in [5.41, 5.74) is 8.21. The number of nitrogen functional groups attached to an aromatic ring is 1. The van der Waals surface area contributed by atoms with Crippen molar-refractivity contribution in [3.63, 3.8) is 0 Å². The van der Waals surface area contributed by atoms with Crippen molar-refractivity contribution in [3.05, 3.63) is 53.5 Å². The monoisotopic (exact) mass is 239 g/mol. The normalized spacial score (nSPS) is 18.4. The largest absolute Gasteiger partial charge is 0.383 e. The van der Waals surface area contributed by atoms with Crippen LogP contribution in [0.15, 0.2) is 36.7 Å². The van der Waals surface area contributed by atoms with E-state index in [1.807, 2.05) is 30.3 Å². The number of aromatic nitrogens is 2. The summed E-state index contributed by atoms with van der Waals surface area (Å²) in [5, 5.41) is 0. The highest BCUT2D eigenvalue weighted by molar-refractivity contribution is 6.02. The molecule has 1 aromatic carbocycles. The van der Waals surface area contributed by atoms with E-state index in [4.69, 9.17) is 5.73 Å². The Kier molecular flexibility index (Phi) is 2.55. The van der Waals surface area contributed by atoms with Crippen molar-refractivity contribution < 1.29 is 4.79 Å². The standard InChI is InChI=1S/C14H13N3O/c15-14-13-11(16-8-17-14)6-10(7-12(13)18)9-4-2-1-3-5-9/h1-5,8,10H,6-7H2,(H2,15,16,17)/t10-/m0/s1. The summed E-state index contributed by atoms with van der Waals surface area (Å²) in [6.45, 7) is 0. The van der Waals surface area contributed by atoms with Crippen molar-refractivity contribution in [1.82, 2.24) is 9.97 Å². The van der Waals surface area contributed by atoms with Gasteiger partial charge >= 0.3 is 0 Å². The zero-order chi connectivity index (χ0) is 12.5. The third kappa shape index (κ3) is 1.76. The maximum atomic E-state index is 12.1. The number of hydrogen-bond acceptors (Lipinski definition) is 4. The first kappa shape index (κ1) is 10.9. The Hall–Kier alpha value is -2.23. The Morgan fingerprint density at radius 3 is 2.67 bits per heavy atom. The fraction of sp³-hybridized carbons (Fsp3) is 0.214. The molecule has 18 heavy (non-hydrogen) atoms. The lowest BCUT2D eigenvalue weighted by Gasteiger charge is -2.23.